The van der Waals surface area contributed by atoms with Crippen LogP contribution in [0.15, 0.2) is 29.3 Å². The average Bonchev–Trinajstić information content (AvgIpc) is 2.33. The van der Waals surface area contributed by atoms with E-state index in [9.17, 15) is 13.6 Å². The van der Waals surface area contributed by atoms with Crippen LogP contribution in [-0.2, 0) is 0 Å². The van der Waals surface area contributed by atoms with Gasteiger partial charge in [0, 0.05) is 11.9 Å². The number of aryl methyl sites for hydroxylation is 1. The Hall–Kier alpha value is -1.89. The highest BCUT2D eigenvalue weighted by atomic mass is 79.9. The Kier molecular flexibility index (Phi) is 3.84. The van der Waals surface area contributed by atoms with Crippen molar-refractivity contribution in [1.82, 2.24) is 9.97 Å². The number of rotatable bonds is 2. The van der Waals surface area contributed by atoms with Crippen molar-refractivity contribution in [3.05, 3.63) is 52.0 Å². The SMILES string of the molecule is Cc1cnc(Br)cc1NC(=O)c1c(F)cncc1F. The van der Waals surface area contributed by atoms with Gasteiger partial charge in [-0.25, -0.2) is 13.8 Å². The summed E-state index contributed by atoms with van der Waals surface area (Å²) in [5, 5.41) is 2.43. The van der Waals surface area contributed by atoms with Crippen molar-refractivity contribution in [1.29, 1.82) is 0 Å². The first-order chi connectivity index (χ1) is 8.99. The molecule has 1 N–H and O–H groups in total. The Balaban J connectivity index is 2.34. The fourth-order valence-corrected chi connectivity index (χ4v) is 1.78. The first-order valence-corrected chi connectivity index (χ1v) is 6.01. The lowest BCUT2D eigenvalue weighted by Gasteiger charge is -2.09. The van der Waals surface area contributed by atoms with Crippen LogP contribution in [0.3, 0.4) is 0 Å². The molecule has 0 atom stereocenters. The third-order valence-electron chi connectivity index (χ3n) is 2.40. The van der Waals surface area contributed by atoms with Gasteiger partial charge < -0.3 is 5.32 Å². The minimum atomic E-state index is -1.01. The number of hydrogen-bond donors (Lipinski definition) is 1. The standard InChI is InChI=1S/C12H8BrF2N3O/c1-6-3-17-10(13)2-9(6)18-12(19)11-7(14)4-16-5-8(11)15/h2-5H,1H3,(H,17,18,19). The molecule has 0 fully saturated rings. The van der Waals surface area contributed by atoms with Gasteiger partial charge in [-0.3, -0.25) is 9.78 Å². The minimum absolute atomic E-state index is 0.419. The van der Waals surface area contributed by atoms with Crippen molar-refractivity contribution < 1.29 is 13.6 Å². The highest BCUT2D eigenvalue weighted by Crippen LogP contribution is 2.20. The van der Waals surface area contributed by atoms with E-state index in [1.165, 1.54) is 6.20 Å². The van der Waals surface area contributed by atoms with Crippen molar-refractivity contribution >= 4 is 27.5 Å². The molecular weight excluding hydrogens is 320 g/mol. The van der Waals surface area contributed by atoms with Crippen molar-refractivity contribution in [3.8, 4) is 0 Å². The van der Waals surface area contributed by atoms with E-state index in [1.54, 1.807) is 13.0 Å². The molecule has 98 valence electrons. The molecule has 0 aromatic carbocycles. The molecule has 0 saturated carbocycles. The summed E-state index contributed by atoms with van der Waals surface area (Å²) >= 11 is 3.15. The van der Waals surface area contributed by atoms with Gasteiger partial charge in [0.25, 0.3) is 5.91 Å². The highest BCUT2D eigenvalue weighted by molar-refractivity contribution is 9.10. The molecular formula is C12H8BrF2N3O. The van der Waals surface area contributed by atoms with Gasteiger partial charge in [-0.1, -0.05) is 0 Å². The minimum Gasteiger partial charge on any atom is -0.321 e. The molecule has 1 amide bonds. The number of anilines is 1. The van der Waals surface area contributed by atoms with Crippen LogP contribution in [0, 0.1) is 18.6 Å². The summed E-state index contributed by atoms with van der Waals surface area (Å²) in [7, 11) is 0. The maximum absolute atomic E-state index is 13.4. The Bertz CT molecular complexity index is 629. The van der Waals surface area contributed by atoms with E-state index >= 15 is 0 Å². The van der Waals surface area contributed by atoms with Gasteiger partial charge in [-0.2, -0.15) is 0 Å². The molecule has 0 radical (unpaired) electrons. The third kappa shape index (κ3) is 2.93. The van der Waals surface area contributed by atoms with Crippen molar-refractivity contribution in [2.75, 3.05) is 5.32 Å². The zero-order valence-corrected chi connectivity index (χ0v) is 11.3. The molecule has 0 aliphatic rings. The molecule has 2 aromatic heterocycles. The predicted octanol–water partition coefficient (Wildman–Crippen LogP) is 3.08. The number of hydrogen-bond acceptors (Lipinski definition) is 3. The number of aromatic nitrogens is 2. The number of carbonyl (C=O) groups excluding carboxylic acids is 1. The van der Waals surface area contributed by atoms with Crippen molar-refractivity contribution in [2.45, 2.75) is 6.92 Å². The summed E-state index contributed by atoms with van der Waals surface area (Å²) in [5.74, 6) is -2.90. The van der Waals surface area contributed by atoms with Crippen LogP contribution in [0.5, 0.6) is 0 Å². The van der Waals surface area contributed by atoms with E-state index in [0.717, 1.165) is 12.4 Å². The normalized spacial score (nSPS) is 10.3. The van der Waals surface area contributed by atoms with Gasteiger partial charge in [0.2, 0.25) is 0 Å². The van der Waals surface area contributed by atoms with Crippen LogP contribution in [0.2, 0.25) is 0 Å². The predicted molar refractivity (Wildman–Crippen MR) is 68.8 cm³/mol. The lowest BCUT2D eigenvalue weighted by molar-refractivity contribution is 0.101. The Morgan fingerprint density at radius 1 is 1.26 bits per heavy atom. The Morgan fingerprint density at radius 2 is 1.89 bits per heavy atom. The van der Waals surface area contributed by atoms with E-state index in [-0.39, 0.29) is 0 Å². The fraction of sp³-hybridized carbons (Fsp3) is 0.0833. The van der Waals surface area contributed by atoms with Crippen molar-refractivity contribution in [2.24, 2.45) is 0 Å². The smallest absolute Gasteiger partial charge is 0.261 e. The van der Waals surface area contributed by atoms with Crippen LogP contribution in [0.4, 0.5) is 14.5 Å². The quantitative estimate of drug-likeness (QED) is 0.862. The molecule has 2 aromatic rings. The highest BCUT2D eigenvalue weighted by Gasteiger charge is 2.18. The monoisotopic (exact) mass is 327 g/mol. The largest absolute Gasteiger partial charge is 0.321 e. The Morgan fingerprint density at radius 3 is 2.53 bits per heavy atom. The molecule has 0 aliphatic heterocycles. The zero-order valence-electron chi connectivity index (χ0n) is 9.75. The number of amides is 1. The van der Waals surface area contributed by atoms with Gasteiger partial charge >= 0.3 is 0 Å². The number of carbonyl (C=O) groups is 1. The summed E-state index contributed by atoms with van der Waals surface area (Å²) in [6.07, 6.45) is 3.10. The molecule has 0 bridgehead atoms. The zero-order chi connectivity index (χ0) is 14.0. The van der Waals surface area contributed by atoms with E-state index < -0.39 is 23.1 Å². The lowest BCUT2D eigenvalue weighted by atomic mass is 10.2. The van der Waals surface area contributed by atoms with Crippen LogP contribution in [-0.4, -0.2) is 15.9 Å². The molecule has 7 heteroatoms. The summed E-state index contributed by atoms with van der Waals surface area (Å²) < 4.78 is 27.3. The molecule has 2 heterocycles. The van der Waals surface area contributed by atoms with E-state index in [1.807, 2.05) is 0 Å². The molecule has 0 saturated heterocycles. The summed E-state index contributed by atoms with van der Waals surface area (Å²) in [6, 6.07) is 1.55. The van der Waals surface area contributed by atoms with Gasteiger partial charge in [0.15, 0.2) is 11.6 Å². The van der Waals surface area contributed by atoms with Gasteiger partial charge in [-0.15, -0.1) is 0 Å². The molecule has 0 aliphatic carbocycles. The first kappa shape index (κ1) is 13.5. The lowest BCUT2D eigenvalue weighted by Crippen LogP contribution is -2.17. The second-order valence-electron chi connectivity index (χ2n) is 3.75. The number of nitrogens with one attached hydrogen (secondary N) is 1. The Labute approximate surface area is 116 Å². The topological polar surface area (TPSA) is 54.9 Å². The van der Waals surface area contributed by atoms with Gasteiger partial charge in [0.1, 0.15) is 10.2 Å². The molecule has 0 unspecified atom stereocenters. The first-order valence-electron chi connectivity index (χ1n) is 5.21. The van der Waals surface area contributed by atoms with Gasteiger partial charge in [-0.05, 0) is 34.5 Å². The van der Waals surface area contributed by atoms with Crippen LogP contribution in [0.1, 0.15) is 15.9 Å². The number of pyridine rings is 2. The fourth-order valence-electron chi connectivity index (χ4n) is 1.45. The maximum Gasteiger partial charge on any atom is 0.261 e. The molecule has 19 heavy (non-hydrogen) atoms. The number of nitrogens with zero attached hydrogens (tertiary/aromatic N) is 2. The number of halogens is 3. The van der Waals surface area contributed by atoms with Crippen LogP contribution in [0.25, 0.3) is 0 Å². The van der Waals surface area contributed by atoms with Gasteiger partial charge in [0.05, 0.1) is 12.4 Å². The van der Waals surface area contributed by atoms with E-state index in [4.69, 9.17) is 0 Å². The second-order valence-corrected chi connectivity index (χ2v) is 4.57. The van der Waals surface area contributed by atoms with Crippen LogP contribution < -0.4 is 5.32 Å². The molecule has 4 nitrogen and oxygen atoms in total. The summed E-state index contributed by atoms with van der Waals surface area (Å²) in [4.78, 5) is 19.1. The van der Waals surface area contributed by atoms with E-state index in [0.29, 0.717) is 15.9 Å². The van der Waals surface area contributed by atoms with Crippen LogP contribution >= 0.6 is 15.9 Å². The van der Waals surface area contributed by atoms with E-state index in [2.05, 4.69) is 31.2 Å². The summed E-state index contributed by atoms with van der Waals surface area (Å²) in [6.45, 7) is 1.72. The maximum atomic E-state index is 13.4. The molecule has 0 spiro atoms. The third-order valence-corrected chi connectivity index (χ3v) is 2.83. The second kappa shape index (κ2) is 5.40. The summed E-state index contributed by atoms with van der Waals surface area (Å²) in [5.41, 5.74) is 0.427. The average molecular weight is 328 g/mol. The van der Waals surface area contributed by atoms with Crippen molar-refractivity contribution in [3.63, 3.8) is 0 Å². The molecule has 2 rings (SSSR count).